The molecule has 40 heavy (non-hydrogen) atoms. The first kappa shape index (κ1) is 29.2. The molecule has 2 atom stereocenters. The van der Waals surface area contributed by atoms with Crippen LogP contribution in [0.5, 0.6) is 5.75 Å². The fourth-order valence-corrected chi connectivity index (χ4v) is 4.78. The van der Waals surface area contributed by atoms with Crippen molar-refractivity contribution in [3.05, 3.63) is 107 Å². The van der Waals surface area contributed by atoms with Gasteiger partial charge in [-0.1, -0.05) is 72.3 Å². The molecule has 8 nitrogen and oxygen atoms in total. The van der Waals surface area contributed by atoms with Gasteiger partial charge in [-0.05, 0) is 61.9 Å². The van der Waals surface area contributed by atoms with Gasteiger partial charge < -0.3 is 15.1 Å². The summed E-state index contributed by atoms with van der Waals surface area (Å²) in [6, 6.07) is 18.9. The fraction of sp³-hybridized carbons (Fsp3) is 0.312. The van der Waals surface area contributed by atoms with Crippen LogP contribution in [0.15, 0.2) is 90.7 Å². The van der Waals surface area contributed by atoms with E-state index in [-0.39, 0.29) is 19.1 Å². The predicted molar refractivity (Wildman–Crippen MR) is 155 cm³/mol. The molecule has 0 fully saturated rings. The van der Waals surface area contributed by atoms with Gasteiger partial charge in [-0.3, -0.25) is 15.2 Å². The van der Waals surface area contributed by atoms with Gasteiger partial charge in [-0.15, -0.1) is 0 Å². The highest BCUT2D eigenvalue weighted by Crippen LogP contribution is 2.23. The Kier molecular flexibility index (Phi) is 10.6. The number of amides is 1. The number of ether oxygens (including phenoxy) is 1. The van der Waals surface area contributed by atoms with Crippen LogP contribution >= 0.6 is 0 Å². The van der Waals surface area contributed by atoms with Crippen molar-refractivity contribution < 1.29 is 19.8 Å². The Morgan fingerprint density at radius 1 is 1.07 bits per heavy atom. The minimum Gasteiger partial charge on any atom is -0.483 e. The summed E-state index contributed by atoms with van der Waals surface area (Å²) in [6.45, 7) is 4.16. The van der Waals surface area contributed by atoms with Crippen LogP contribution in [0.25, 0.3) is 11.3 Å². The summed E-state index contributed by atoms with van der Waals surface area (Å²) in [5.74, 6) is 0.349. The number of aryl methyl sites for hydroxylation is 2. The standard InChI is InChI=1S/C32H38N4O4/c1-23-9-8-10-24(2)32(23)40-22-31(38)34-36(21-30(37)29(35-39)19-25-11-4-3-5-12-25)20-26-14-16-27(17-15-26)28-13-6-7-18-33-28/h3-4,6-11,13-18,29-30,35,37,39H,5,12,19-22H2,1-2H3,(H,34,38). The molecule has 0 saturated carbocycles. The number of nitrogens with zero attached hydrogens (tertiary/aromatic N) is 2. The average Bonchev–Trinajstić information content (AvgIpc) is 2.97. The largest absolute Gasteiger partial charge is 0.483 e. The van der Waals surface area contributed by atoms with Gasteiger partial charge in [0.1, 0.15) is 5.75 Å². The number of pyridine rings is 1. The molecule has 0 radical (unpaired) electrons. The zero-order chi connectivity index (χ0) is 28.3. The van der Waals surface area contributed by atoms with Crippen molar-refractivity contribution in [2.24, 2.45) is 0 Å². The quantitative estimate of drug-likeness (QED) is 0.233. The molecule has 1 amide bonds. The molecule has 1 aromatic heterocycles. The number of carbonyl (C=O) groups excluding carboxylic acids is 1. The second-order valence-corrected chi connectivity index (χ2v) is 10.1. The normalized spacial score (nSPS) is 14.5. The molecular formula is C32H38N4O4. The van der Waals surface area contributed by atoms with Gasteiger partial charge in [0.25, 0.3) is 5.91 Å². The maximum Gasteiger partial charge on any atom is 0.272 e. The second-order valence-electron chi connectivity index (χ2n) is 10.1. The third-order valence-corrected chi connectivity index (χ3v) is 6.95. The predicted octanol–water partition coefficient (Wildman–Crippen LogP) is 4.65. The van der Waals surface area contributed by atoms with E-state index in [2.05, 4.69) is 22.0 Å². The van der Waals surface area contributed by atoms with E-state index in [1.54, 1.807) is 11.2 Å². The van der Waals surface area contributed by atoms with Gasteiger partial charge in [0.05, 0.1) is 17.8 Å². The number of hydroxylamine groups is 1. The Morgan fingerprint density at radius 3 is 2.50 bits per heavy atom. The number of hydrogen-bond donors (Lipinski definition) is 4. The molecule has 1 aliphatic rings. The number of nitrogens with one attached hydrogen (secondary N) is 2. The molecule has 1 heterocycles. The molecule has 0 aliphatic heterocycles. The molecule has 2 aromatic carbocycles. The van der Waals surface area contributed by atoms with E-state index in [1.165, 1.54) is 0 Å². The number of carbonyl (C=O) groups is 1. The number of benzene rings is 2. The van der Waals surface area contributed by atoms with Crippen molar-refractivity contribution >= 4 is 5.91 Å². The lowest BCUT2D eigenvalue weighted by Gasteiger charge is -2.30. The maximum atomic E-state index is 13.0. The Morgan fingerprint density at radius 2 is 1.85 bits per heavy atom. The van der Waals surface area contributed by atoms with Crippen LogP contribution in [0.3, 0.4) is 0 Å². The Hall–Kier alpha value is -3.82. The molecule has 3 aromatic rings. The van der Waals surface area contributed by atoms with Crippen molar-refractivity contribution in [3.63, 3.8) is 0 Å². The van der Waals surface area contributed by atoms with E-state index in [0.29, 0.717) is 18.7 Å². The van der Waals surface area contributed by atoms with Crippen LogP contribution in [0.2, 0.25) is 0 Å². The lowest BCUT2D eigenvalue weighted by molar-refractivity contribution is -0.129. The number of hydrazine groups is 1. The fourth-order valence-electron chi connectivity index (χ4n) is 4.78. The molecule has 8 heteroatoms. The molecule has 0 spiro atoms. The van der Waals surface area contributed by atoms with Gasteiger partial charge in [0, 0.05) is 24.8 Å². The van der Waals surface area contributed by atoms with Crippen LogP contribution < -0.4 is 15.6 Å². The van der Waals surface area contributed by atoms with E-state index < -0.39 is 12.1 Å². The highest BCUT2D eigenvalue weighted by molar-refractivity contribution is 5.77. The van der Waals surface area contributed by atoms with Gasteiger partial charge in [-0.2, -0.15) is 5.48 Å². The number of allylic oxidation sites excluding steroid dienone is 3. The van der Waals surface area contributed by atoms with Crippen molar-refractivity contribution in [3.8, 4) is 17.0 Å². The topological polar surface area (TPSA) is 107 Å². The summed E-state index contributed by atoms with van der Waals surface area (Å²) in [5, 5.41) is 22.6. The van der Waals surface area contributed by atoms with Crippen LogP contribution in [-0.2, 0) is 11.3 Å². The third kappa shape index (κ3) is 8.34. The van der Waals surface area contributed by atoms with E-state index in [0.717, 1.165) is 46.4 Å². The minimum atomic E-state index is -0.954. The van der Waals surface area contributed by atoms with Gasteiger partial charge in [0.15, 0.2) is 6.61 Å². The first-order valence-electron chi connectivity index (χ1n) is 13.6. The molecule has 0 bridgehead atoms. The number of aliphatic hydroxyl groups excluding tert-OH is 1. The summed E-state index contributed by atoms with van der Waals surface area (Å²) in [6.07, 6.45) is 9.25. The van der Waals surface area contributed by atoms with Gasteiger partial charge in [-0.25, -0.2) is 5.01 Å². The molecule has 4 rings (SSSR count). The van der Waals surface area contributed by atoms with Gasteiger partial charge >= 0.3 is 0 Å². The molecule has 210 valence electrons. The SMILES string of the molecule is Cc1cccc(C)c1OCC(=O)NN(Cc1ccc(-c2ccccn2)cc1)CC(O)C(CC1=CC=CCC1)NO. The monoisotopic (exact) mass is 542 g/mol. The zero-order valence-corrected chi connectivity index (χ0v) is 23.1. The number of aliphatic hydroxyl groups is 1. The average molecular weight is 543 g/mol. The van der Waals surface area contributed by atoms with Crippen LogP contribution in [0, 0.1) is 13.8 Å². The third-order valence-electron chi connectivity index (χ3n) is 6.95. The molecule has 0 saturated heterocycles. The number of aromatic nitrogens is 1. The lowest BCUT2D eigenvalue weighted by atomic mass is 9.95. The van der Waals surface area contributed by atoms with Crippen molar-refractivity contribution in [1.29, 1.82) is 0 Å². The van der Waals surface area contributed by atoms with Crippen molar-refractivity contribution in [2.45, 2.75) is 51.8 Å². The molecule has 2 unspecified atom stereocenters. The summed E-state index contributed by atoms with van der Waals surface area (Å²) in [7, 11) is 0. The first-order valence-corrected chi connectivity index (χ1v) is 13.6. The van der Waals surface area contributed by atoms with E-state index in [4.69, 9.17) is 4.74 Å². The summed E-state index contributed by atoms with van der Waals surface area (Å²) >= 11 is 0. The molecule has 1 aliphatic carbocycles. The van der Waals surface area contributed by atoms with Crippen molar-refractivity contribution in [2.75, 3.05) is 13.2 Å². The zero-order valence-electron chi connectivity index (χ0n) is 23.1. The number of rotatable bonds is 13. The maximum absolute atomic E-state index is 13.0. The smallest absolute Gasteiger partial charge is 0.272 e. The molecule has 4 N–H and O–H groups in total. The van der Waals surface area contributed by atoms with Crippen LogP contribution in [-0.4, -0.2) is 51.5 Å². The second kappa shape index (κ2) is 14.5. The summed E-state index contributed by atoms with van der Waals surface area (Å²) in [5.41, 5.74) is 11.0. The first-order chi connectivity index (χ1) is 19.4. The Labute approximate surface area is 236 Å². The van der Waals surface area contributed by atoms with Gasteiger partial charge in [0.2, 0.25) is 0 Å². The lowest BCUT2D eigenvalue weighted by Crippen LogP contribution is -2.51. The highest BCUT2D eigenvalue weighted by Gasteiger charge is 2.24. The summed E-state index contributed by atoms with van der Waals surface area (Å²) in [4.78, 5) is 17.4. The van der Waals surface area contributed by atoms with E-state index in [1.807, 2.05) is 86.7 Å². The highest BCUT2D eigenvalue weighted by atomic mass is 16.5. The Bertz CT molecular complexity index is 1290. The number of hydrogen-bond acceptors (Lipinski definition) is 7. The van der Waals surface area contributed by atoms with Crippen LogP contribution in [0.1, 0.15) is 36.0 Å². The van der Waals surface area contributed by atoms with Crippen molar-refractivity contribution in [1.82, 2.24) is 20.9 Å². The van der Waals surface area contributed by atoms with E-state index in [9.17, 15) is 15.1 Å². The summed E-state index contributed by atoms with van der Waals surface area (Å²) < 4.78 is 5.84. The van der Waals surface area contributed by atoms with Crippen LogP contribution in [0.4, 0.5) is 0 Å². The Balaban J connectivity index is 1.45. The minimum absolute atomic E-state index is 0.0957. The van der Waals surface area contributed by atoms with E-state index >= 15 is 0 Å². The molecular weight excluding hydrogens is 504 g/mol. The number of para-hydroxylation sites is 1.